The largest absolute Gasteiger partial charge is 0.368 e. The number of aryl methyl sites for hydroxylation is 1. The predicted octanol–water partition coefficient (Wildman–Crippen LogP) is 4.29. The van der Waals surface area contributed by atoms with E-state index in [0.717, 1.165) is 22.6 Å². The Morgan fingerprint density at radius 2 is 2.04 bits per heavy atom. The molecule has 0 aliphatic carbocycles. The van der Waals surface area contributed by atoms with Crippen molar-refractivity contribution in [1.29, 1.82) is 0 Å². The van der Waals surface area contributed by atoms with E-state index < -0.39 is 11.4 Å². The summed E-state index contributed by atoms with van der Waals surface area (Å²) in [6.07, 6.45) is 1.34. The van der Waals surface area contributed by atoms with E-state index >= 15 is 0 Å². The van der Waals surface area contributed by atoms with Crippen molar-refractivity contribution in [3.8, 4) is 10.4 Å². The lowest BCUT2D eigenvalue weighted by molar-refractivity contribution is -0.126. The number of thiazole rings is 1. The summed E-state index contributed by atoms with van der Waals surface area (Å²) in [6.45, 7) is 10.7. The topological polar surface area (TPSA) is 88.3 Å². The summed E-state index contributed by atoms with van der Waals surface area (Å²) in [5.41, 5.74) is 7.85. The molecule has 3 amide bonds. The second-order valence-corrected chi connectivity index (χ2v) is 9.59. The van der Waals surface area contributed by atoms with E-state index in [2.05, 4.69) is 55.3 Å². The fraction of sp³-hybridized carbons (Fsp3) is 0.476. The molecule has 28 heavy (non-hydrogen) atoms. The van der Waals surface area contributed by atoms with Crippen LogP contribution in [0.4, 0.5) is 9.93 Å². The number of nitrogens with zero attached hydrogens (tertiary/aromatic N) is 2. The molecule has 1 aliphatic heterocycles. The summed E-state index contributed by atoms with van der Waals surface area (Å²) in [5, 5.41) is 3.38. The van der Waals surface area contributed by atoms with Gasteiger partial charge >= 0.3 is 6.03 Å². The van der Waals surface area contributed by atoms with Gasteiger partial charge in [0.2, 0.25) is 5.91 Å². The minimum Gasteiger partial charge on any atom is -0.368 e. The van der Waals surface area contributed by atoms with Crippen LogP contribution in [0.5, 0.6) is 0 Å². The monoisotopic (exact) mass is 400 g/mol. The maximum Gasteiger partial charge on any atom is 0.324 e. The Hall–Kier alpha value is -2.41. The van der Waals surface area contributed by atoms with Gasteiger partial charge in [0.05, 0.1) is 10.6 Å². The highest BCUT2D eigenvalue weighted by Gasteiger charge is 2.44. The van der Waals surface area contributed by atoms with E-state index in [0.29, 0.717) is 18.1 Å². The molecule has 0 saturated carbocycles. The molecule has 2 heterocycles. The third kappa shape index (κ3) is 3.76. The number of carbonyl (C=O) groups is 2. The highest BCUT2D eigenvalue weighted by atomic mass is 32.1. The minimum atomic E-state index is -0.944. The van der Waals surface area contributed by atoms with Crippen molar-refractivity contribution in [1.82, 2.24) is 9.88 Å². The fourth-order valence-corrected chi connectivity index (χ4v) is 4.50. The lowest BCUT2D eigenvalue weighted by Gasteiger charge is -2.31. The first-order valence-electron chi connectivity index (χ1n) is 9.49. The zero-order valence-corrected chi connectivity index (χ0v) is 17.9. The Bertz CT molecular complexity index is 915. The number of nitrogens with two attached hydrogens (primary N) is 1. The molecule has 6 nitrogen and oxygen atoms in total. The van der Waals surface area contributed by atoms with E-state index in [-0.39, 0.29) is 11.4 Å². The zero-order chi connectivity index (χ0) is 20.7. The van der Waals surface area contributed by atoms with Crippen LogP contribution in [0.3, 0.4) is 0 Å². The molecule has 1 atom stereocenters. The van der Waals surface area contributed by atoms with Crippen LogP contribution < -0.4 is 11.1 Å². The normalized spacial score (nSPS) is 19.7. The first-order chi connectivity index (χ1) is 13.0. The SMILES string of the molecule is Cc1nc(NC(=O)N2CCC[C@@]2(C)C(N)=O)sc1-c1cccc(C(C)(C)C)c1. The lowest BCUT2D eigenvalue weighted by atomic mass is 9.86. The molecule has 3 rings (SSSR count). The molecule has 0 radical (unpaired) electrons. The lowest BCUT2D eigenvalue weighted by Crippen LogP contribution is -2.55. The molecule has 2 aromatic rings. The Kier molecular flexibility index (Phi) is 5.23. The summed E-state index contributed by atoms with van der Waals surface area (Å²) < 4.78 is 0. The molecule has 0 spiro atoms. The molecule has 3 N–H and O–H groups in total. The number of nitrogens with one attached hydrogen (secondary N) is 1. The second kappa shape index (κ2) is 7.20. The van der Waals surface area contributed by atoms with E-state index in [1.807, 2.05) is 6.92 Å². The van der Waals surface area contributed by atoms with Crippen molar-refractivity contribution in [2.75, 3.05) is 11.9 Å². The van der Waals surface area contributed by atoms with Crippen LogP contribution in [0.1, 0.15) is 51.8 Å². The first-order valence-corrected chi connectivity index (χ1v) is 10.3. The number of hydrogen-bond donors (Lipinski definition) is 2. The zero-order valence-electron chi connectivity index (χ0n) is 17.1. The summed E-state index contributed by atoms with van der Waals surface area (Å²) in [6, 6.07) is 8.08. The Morgan fingerprint density at radius 3 is 2.68 bits per heavy atom. The minimum absolute atomic E-state index is 0.0562. The summed E-state index contributed by atoms with van der Waals surface area (Å²) >= 11 is 1.44. The van der Waals surface area contributed by atoms with Crippen LogP contribution in [-0.2, 0) is 10.2 Å². The van der Waals surface area contributed by atoms with Crippen LogP contribution in [0.15, 0.2) is 24.3 Å². The number of urea groups is 1. The molecule has 1 aliphatic rings. The highest BCUT2D eigenvalue weighted by molar-refractivity contribution is 7.19. The smallest absolute Gasteiger partial charge is 0.324 e. The maximum atomic E-state index is 12.8. The molecule has 0 bridgehead atoms. The predicted molar refractivity (Wildman–Crippen MR) is 114 cm³/mol. The number of primary amides is 1. The Morgan fingerprint density at radius 1 is 1.32 bits per heavy atom. The van der Waals surface area contributed by atoms with Gasteiger partial charge in [0.25, 0.3) is 0 Å². The van der Waals surface area contributed by atoms with Gasteiger partial charge in [0.15, 0.2) is 5.13 Å². The molecule has 1 aromatic heterocycles. The average molecular weight is 401 g/mol. The van der Waals surface area contributed by atoms with Crippen molar-refractivity contribution in [2.45, 2.75) is 58.4 Å². The summed E-state index contributed by atoms with van der Waals surface area (Å²) in [4.78, 5) is 31.7. The Balaban J connectivity index is 1.84. The highest BCUT2D eigenvalue weighted by Crippen LogP contribution is 2.36. The molecule has 150 valence electrons. The molecule has 1 saturated heterocycles. The molecule has 0 unspecified atom stereocenters. The summed E-state index contributed by atoms with van der Waals surface area (Å²) in [7, 11) is 0. The van der Waals surface area contributed by atoms with Crippen LogP contribution in [0.2, 0.25) is 0 Å². The van der Waals surface area contributed by atoms with Gasteiger partial charge in [-0.05, 0) is 49.3 Å². The fourth-order valence-electron chi connectivity index (χ4n) is 3.55. The number of benzene rings is 1. The number of amides is 3. The van der Waals surface area contributed by atoms with Gasteiger partial charge in [0.1, 0.15) is 5.54 Å². The van der Waals surface area contributed by atoms with Gasteiger partial charge < -0.3 is 10.6 Å². The third-order valence-corrected chi connectivity index (χ3v) is 6.54. The molecule has 7 heteroatoms. The standard InChI is InChI=1S/C21H28N4O2S/c1-13-16(14-8-6-9-15(12-14)20(2,3)4)28-18(23-13)24-19(27)25-11-7-10-21(25,5)17(22)26/h6,8-9,12H,7,10-11H2,1-5H3,(H2,22,26)(H,23,24,27)/t21-/m0/s1. The Labute approximate surface area is 170 Å². The van der Waals surface area contributed by atoms with Crippen molar-refractivity contribution in [3.05, 3.63) is 35.5 Å². The first kappa shape index (κ1) is 20.3. The number of carbonyl (C=O) groups excluding carboxylic acids is 2. The number of likely N-dealkylation sites (tertiary alicyclic amines) is 1. The van der Waals surface area contributed by atoms with Gasteiger partial charge in [-0.3, -0.25) is 10.1 Å². The van der Waals surface area contributed by atoms with Crippen molar-refractivity contribution in [2.24, 2.45) is 5.73 Å². The number of rotatable bonds is 3. The number of anilines is 1. The van der Waals surface area contributed by atoms with Crippen LogP contribution >= 0.6 is 11.3 Å². The molecular weight excluding hydrogens is 372 g/mol. The summed E-state index contributed by atoms with van der Waals surface area (Å²) in [5.74, 6) is -0.477. The van der Waals surface area contributed by atoms with Crippen LogP contribution in [0.25, 0.3) is 10.4 Å². The molecular formula is C21H28N4O2S. The molecule has 1 fully saturated rings. The van der Waals surface area contributed by atoms with Crippen LogP contribution in [-0.4, -0.2) is 33.9 Å². The van der Waals surface area contributed by atoms with Crippen molar-refractivity contribution >= 4 is 28.4 Å². The van der Waals surface area contributed by atoms with Crippen molar-refractivity contribution in [3.63, 3.8) is 0 Å². The van der Waals surface area contributed by atoms with Gasteiger partial charge in [-0.1, -0.05) is 50.3 Å². The van der Waals surface area contributed by atoms with Gasteiger partial charge in [-0.2, -0.15) is 0 Å². The number of aromatic nitrogens is 1. The second-order valence-electron chi connectivity index (χ2n) is 8.59. The molecule has 1 aromatic carbocycles. The maximum absolute atomic E-state index is 12.8. The van der Waals surface area contributed by atoms with Gasteiger partial charge in [-0.25, -0.2) is 9.78 Å². The van der Waals surface area contributed by atoms with E-state index in [9.17, 15) is 9.59 Å². The van der Waals surface area contributed by atoms with Gasteiger partial charge in [0, 0.05) is 6.54 Å². The quantitative estimate of drug-likeness (QED) is 0.805. The van der Waals surface area contributed by atoms with Crippen molar-refractivity contribution < 1.29 is 9.59 Å². The van der Waals surface area contributed by atoms with Crippen LogP contribution in [0, 0.1) is 6.92 Å². The van der Waals surface area contributed by atoms with E-state index in [4.69, 9.17) is 5.73 Å². The van der Waals surface area contributed by atoms with E-state index in [1.54, 1.807) is 6.92 Å². The average Bonchev–Trinajstić information content (AvgIpc) is 3.18. The van der Waals surface area contributed by atoms with Gasteiger partial charge in [-0.15, -0.1) is 0 Å². The van der Waals surface area contributed by atoms with E-state index in [1.165, 1.54) is 21.8 Å². The third-order valence-electron chi connectivity index (χ3n) is 5.42. The number of hydrogen-bond acceptors (Lipinski definition) is 4.